The first kappa shape index (κ1) is 23.3. The Balaban J connectivity index is 1.74. The molecule has 0 aliphatic rings. The summed E-state index contributed by atoms with van der Waals surface area (Å²) in [5.74, 6) is -1.02. The van der Waals surface area contributed by atoms with Crippen LogP contribution in [0.15, 0.2) is 53.3 Å². The third kappa shape index (κ3) is 4.24. The van der Waals surface area contributed by atoms with Crippen molar-refractivity contribution in [2.24, 2.45) is 0 Å². The predicted octanol–water partition coefficient (Wildman–Crippen LogP) is 5.50. The number of fused-ring (bicyclic) bond motifs is 2. The largest absolute Gasteiger partial charge is 0.481 e. The number of carboxylic acid groups (broad SMARTS) is 1. The number of benzene rings is 2. The number of aryl methyl sites for hydroxylation is 3. The van der Waals surface area contributed by atoms with Crippen molar-refractivity contribution in [2.75, 3.05) is 0 Å². The second kappa shape index (κ2) is 8.94. The van der Waals surface area contributed by atoms with Gasteiger partial charge in [0.15, 0.2) is 5.65 Å². The number of carbonyl (C=O) groups is 1. The molecule has 0 saturated heterocycles. The van der Waals surface area contributed by atoms with Gasteiger partial charge < -0.3 is 5.11 Å². The zero-order valence-corrected chi connectivity index (χ0v) is 21.0. The summed E-state index contributed by atoms with van der Waals surface area (Å²) >= 11 is 7.63. The number of nitrogens with zero attached hydrogens (tertiary/aromatic N) is 4. The molecular weight excluding hydrogens is 484 g/mol. The van der Waals surface area contributed by atoms with E-state index in [1.54, 1.807) is 28.8 Å². The van der Waals surface area contributed by atoms with Gasteiger partial charge in [0.1, 0.15) is 0 Å². The number of carboxylic acids is 1. The van der Waals surface area contributed by atoms with Crippen molar-refractivity contribution >= 4 is 50.4 Å². The van der Waals surface area contributed by atoms with Crippen LogP contribution in [0.4, 0.5) is 0 Å². The molecule has 2 aromatic carbocycles. The Morgan fingerprint density at radius 1 is 1.14 bits per heavy atom. The molecule has 0 fully saturated rings. The van der Waals surface area contributed by atoms with Crippen LogP contribution in [0.3, 0.4) is 0 Å². The molecule has 9 heteroatoms. The fraction of sp³-hybridized carbons (Fsp3) is 0.231. The summed E-state index contributed by atoms with van der Waals surface area (Å²) in [5.41, 5.74) is 5.17. The van der Waals surface area contributed by atoms with Crippen molar-refractivity contribution in [3.8, 4) is 0 Å². The molecule has 0 bridgehead atoms. The van der Waals surface area contributed by atoms with Crippen LogP contribution in [-0.4, -0.2) is 29.6 Å². The zero-order chi connectivity index (χ0) is 24.9. The number of pyridine rings is 1. The van der Waals surface area contributed by atoms with E-state index in [-0.39, 0.29) is 18.7 Å². The summed E-state index contributed by atoms with van der Waals surface area (Å²) in [7, 11) is 0. The smallest absolute Gasteiger partial charge is 0.331 e. The van der Waals surface area contributed by atoms with Crippen LogP contribution in [-0.2, 0) is 11.3 Å². The van der Waals surface area contributed by atoms with E-state index in [9.17, 15) is 14.7 Å². The molecule has 0 radical (unpaired) electrons. The minimum atomic E-state index is -1.02. The van der Waals surface area contributed by atoms with E-state index < -0.39 is 12.0 Å². The number of aliphatic carboxylic acids is 1. The second-order valence-corrected chi connectivity index (χ2v) is 10.0. The topological polar surface area (TPSA) is 90.0 Å². The number of halogens is 1. The van der Waals surface area contributed by atoms with Gasteiger partial charge in [-0.3, -0.25) is 13.9 Å². The first-order valence-corrected chi connectivity index (χ1v) is 12.3. The van der Waals surface area contributed by atoms with E-state index in [1.807, 2.05) is 26.0 Å². The molecule has 1 N–H and O–H groups in total. The van der Waals surface area contributed by atoms with Crippen LogP contribution < -0.4 is 5.69 Å². The Kier molecular flexibility index (Phi) is 5.94. The fourth-order valence-electron chi connectivity index (χ4n) is 4.70. The van der Waals surface area contributed by atoms with E-state index in [4.69, 9.17) is 11.6 Å². The third-order valence-electron chi connectivity index (χ3n) is 6.16. The summed E-state index contributed by atoms with van der Waals surface area (Å²) in [5, 5.41) is 11.2. The highest BCUT2D eigenvalue weighted by molar-refractivity contribution is 7.13. The van der Waals surface area contributed by atoms with Gasteiger partial charge in [-0.25, -0.2) is 9.78 Å². The maximum Gasteiger partial charge on any atom is 0.331 e. The molecule has 0 saturated carbocycles. The lowest BCUT2D eigenvalue weighted by Gasteiger charge is -2.17. The molecule has 1 atom stereocenters. The number of aromatic nitrogens is 4. The Labute approximate surface area is 210 Å². The normalized spacial score (nSPS) is 12.5. The first-order valence-electron chi connectivity index (χ1n) is 11.1. The van der Waals surface area contributed by atoms with Crippen LogP contribution in [0.1, 0.15) is 40.5 Å². The summed E-state index contributed by atoms with van der Waals surface area (Å²) in [6.45, 7) is 6.20. The maximum absolute atomic E-state index is 13.9. The first-order chi connectivity index (χ1) is 16.7. The number of hydrogen-bond donors (Lipinski definition) is 1. The Morgan fingerprint density at radius 2 is 1.94 bits per heavy atom. The van der Waals surface area contributed by atoms with Gasteiger partial charge in [-0.1, -0.05) is 29.8 Å². The van der Waals surface area contributed by atoms with E-state index >= 15 is 0 Å². The second-order valence-electron chi connectivity index (χ2n) is 8.79. The van der Waals surface area contributed by atoms with Crippen molar-refractivity contribution < 1.29 is 9.90 Å². The number of rotatable bonds is 6. The molecule has 0 aliphatic heterocycles. The Hall–Kier alpha value is -3.49. The molecular formula is C26H23ClN4O3S. The van der Waals surface area contributed by atoms with E-state index in [2.05, 4.69) is 28.4 Å². The number of imidazole rings is 1. The monoisotopic (exact) mass is 506 g/mol. The van der Waals surface area contributed by atoms with Gasteiger partial charge in [-0.15, -0.1) is 0 Å². The van der Waals surface area contributed by atoms with Crippen LogP contribution in [0.5, 0.6) is 0 Å². The van der Waals surface area contributed by atoms with Gasteiger partial charge in [0.2, 0.25) is 0 Å². The summed E-state index contributed by atoms with van der Waals surface area (Å²) in [4.78, 5) is 30.4. The van der Waals surface area contributed by atoms with Crippen LogP contribution in [0.25, 0.3) is 21.3 Å². The van der Waals surface area contributed by atoms with E-state index in [1.165, 1.54) is 16.1 Å². The van der Waals surface area contributed by atoms with Crippen LogP contribution in [0.2, 0.25) is 5.02 Å². The quantitative estimate of drug-likeness (QED) is 0.328. The summed E-state index contributed by atoms with van der Waals surface area (Å²) in [6, 6.07) is 14.1. The van der Waals surface area contributed by atoms with Gasteiger partial charge >= 0.3 is 11.7 Å². The molecule has 3 heterocycles. The molecule has 3 aromatic heterocycles. The highest BCUT2D eigenvalue weighted by Crippen LogP contribution is 2.30. The molecule has 7 nitrogen and oxygen atoms in total. The summed E-state index contributed by atoms with van der Waals surface area (Å²) in [6.07, 6.45) is -0.285. The molecule has 35 heavy (non-hydrogen) atoms. The lowest BCUT2D eigenvalue weighted by molar-refractivity contribution is -0.137. The molecule has 1 unspecified atom stereocenters. The molecule has 5 rings (SSSR count). The highest BCUT2D eigenvalue weighted by atomic mass is 35.5. The van der Waals surface area contributed by atoms with Crippen molar-refractivity contribution in [1.82, 2.24) is 18.5 Å². The van der Waals surface area contributed by atoms with Crippen molar-refractivity contribution in [1.29, 1.82) is 0 Å². The van der Waals surface area contributed by atoms with Gasteiger partial charge in [-0.2, -0.15) is 4.37 Å². The molecule has 0 spiro atoms. The van der Waals surface area contributed by atoms with Gasteiger partial charge in [0.25, 0.3) is 0 Å². The maximum atomic E-state index is 13.9. The molecule has 178 valence electrons. The van der Waals surface area contributed by atoms with Gasteiger partial charge in [-0.05, 0) is 79.3 Å². The van der Waals surface area contributed by atoms with Gasteiger partial charge in [0, 0.05) is 16.1 Å². The van der Waals surface area contributed by atoms with Crippen molar-refractivity contribution in [3.63, 3.8) is 0 Å². The lowest BCUT2D eigenvalue weighted by atomic mass is 10.0. The Morgan fingerprint density at radius 3 is 2.69 bits per heavy atom. The Bertz CT molecular complexity index is 1670. The van der Waals surface area contributed by atoms with Gasteiger partial charge in [0.05, 0.1) is 34.9 Å². The minimum absolute atomic E-state index is 0.256. The average Bonchev–Trinajstić information content (AvgIpc) is 3.31. The summed E-state index contributed by atoms with van der Waals surface area (Å²) < 4.78 is 8.86. The van der Waals surface area contributed by atoms with E-state index in [0.29, 0.717) is 21.7 Å². The lowest BCUT2D eigenvalue weighted by Crippen LogP contribution is -2.30. The molecule has 5 aromatic rings. The third-order valence-corrected chi connectivity index (χ3v) is 7.22. The van der Waals surface area contributed by atoms with Crippen molar-refractivity contribution in [2.45, 2.75) is 39.8 Å². The SMILES string of the molecule is Cc1cc(C)c2c(Cn3c(=O)n(C(CC(=O)O)c4cccc(Cl)c4)c4nc(C)ccc43)nsc2c1. The van der Waals surface area contributed by atoms with Crippen molar-refractivity contribution in [3.05, 3.63) is 92.1 Å². The standard InChI is InChI=1S/C26H23ClN4O3S/c1-14-9-15(2)24-19(29-35-22(24)10-14)13-30-20-8-7-16(3)28-25(20)31(26(30)34)21(12-23(32)33)17-5-4-6-18(27)11-17/h4-11,21H,12-13H2,1-3H3,(H,32,33). The minimum Gasteiger partial charge on any atom is -0.481 e. The molecule has 0 aliphatic carbocycles. The fourth-order valence-corrected chi connectivity index (χ4v) is 5.86. The van der Waals surface area contributed by atoms with E-state index in [0.717, 1.165) is 32.6 Å². The number of hydrogen-bond acceptors (Lipinski definition) is 5. The van der Waals surface area contributed by atoms with Crippen LogP contribution >= 0.6 is 23.1 Å². The predicted molar refractivity (Wildman–Crippen MR) is 139 cm³/mol. The van der Waals surface area contributed by atoms with Crippen LogP contribution in [0, 0.1) is 20.8 Å². The molecule has 0 amide bonds. The zero-order valence-electron chi connectivity index (χ0n) is 19.4. The highest BCUT2D eigenvalue weighted by Gasteiger charge is 2.26. The average molecular weight is 507 g/mol.